The SMILES string of the molecule is O=Cc1c(-n2cnc3c2CCCC3)nc2sccn12. The molecule has 3 heterocycles. The Labute approximate surface area is 113 Å². The molecule has 0 spiro atoms. The van der Waals surface area contributed by atoms with Gasteiger partial charge in [-0.15, -0.1) is 11.3 Å². The zero-order valence-electron chi connectivity index (χ0n) is 10.2. The number of aryl methyl sites for hydroxylation is 1. The molecule has 1 aliphatic rings. The number of nitrogens with zero attached hydrogens (tertiary/aromatic N) is 4. The van der Waals surface area contributed by atoms with E-state index in [1.54, 1.807) is 6.33 Å². The molecule has 0 bridgehead atoms. The highest BCUT2D eigenvalue weighted by Crippen LogP contribution is 2.25. The van der Waals surface area contributed by atoms with Crippen molar-refractivity contribution in [3.63, 3.8) is 0 Å². The molecule has 4 rings (SSSR count). The van der Waals surface area contributed by atoms with Crippen LogP contribution in [0.1, 0.15) is 34.7 Å². The summed E-state index contributed by atoms with van der Waals surface area (Å²) in [6.45, 7) is 0. The fraction of sp³-hybridized carbons (Fsp3) is 0.308. The van der Waals surface area contributed by atoms with E-state index < -0.39 is 0 Å². The molecule has 3 aromatic heterocycles. The standard InChI is InChI=1S/C13H12N4OS/c18-7-11-12(15-13-16(11)5-6-19-13)17-8-14-9-3-1-2-4-10(9)17/h5-8H,1-4H2. The number of aromatic nitrogens is 4. The first kappa shape index (κ1) is 10.9. The third-order valence-electron chi connectivity index (χ3n) is 3.65. The average Bonchev–Trinajstić information content (AvgIpc) is 3.11. The molecular formula is C13H12N4OS. The predicted octanol–water partition coefficient (Wildman–Crippen LogP) is 2.27. The van der Waals surface area contributed by atoms with Gasteiger partial charge in [0.1, 0.15) is 12.0 Å². The van der Waals surface area contributed by atoms with Crippen molar-refractivity contribution in [1.82, 2.24) is 18.9 Å². The summed E-state index contributed by atoms with van der Waals surface area (Å²) in [7, 11) is 0. The Bertz CT molecular complexity index is 767. The van der Waals surface area contributed by atoms with Crippen molar-refractivity contribution in [2.45, 2.75) is 25.7 Å². The average molecular weight is 272 g/mol. The molecule has 0 saturated carbocycles. The van der Waals surface area contributed by atoms with Gasteiger partial charge >= 0.3 is 0 Å². The van der Waals surface area contributed by atoms with Crippen molar-refractivity contribution in [3.05, 3.63) is 35.0 Å². The summed E-state index contributed by atoms with van der Waals surface area (Å²) in [5.41, 5.74) is 2.96. The maximum absolute atomic E-state index is 11.4. The van der Waals surface area contributed by atoms with Crippen LogP contribution in [-0.4, -0.2) is 25.2 Å². The van der Waals surface area contributed by atoms with Gasteiger partial charge in [-0.25, -0.2) is 4.98 Å². The maximum Gasteiger partial charge on any atom is 0.196 e. The van der Waals surface area contributed by atoms with Crippen LogP contribution in [0.3, 0.4) is 0 Å². The Balaban J connectivity index is 1.96. The number of carbonyl (C=O) groups is 1. The summed E-state index contributed by atoms with van der Waals surface area (Å²) in [6.07, 6.45) is 8.97. The number of rotatable bonds is 2. The molecule has 3 aromatic rings. The molecule has 0 unspecified atom stereocenters. The quantitative estimate of drug-likeness (QED) is 0.672. The molecule has 19 heavy (non-hydrogen) atoms. The zero-order valence-corrected chi connectivity index (χ0v) is 11.1. The van der Waals surface area contributed by atoms with Gasteiger partial charge in [-0.1, -0.05) is 0 Å². The lowest BCUT2D eigenvalue weighted by atomic mass is 10.0. The highest BCUT2D eigenvalue weighted by atomic mass is 32.1. The van der Waals surface area contributed by atoms with E-state index in [1.807, 2.05) is 20.5 Å². The molecule has 5 nitrogen and oxygen atoms in total. The van der Waals surface area contributed by atoms with E-state index in [4.69, 9.17) is 0 Å². The monoisotopic (exact) mass is 272 g/mol. The van der Waals surface area contributed by atoms with Crippen molar-refractivity contribution in [2.75, 3.05) is 0 Å². The lowest BCUT2D eigenvalue weighted by Gasteiger charge is -2.12. The second kappa shape index (κ2) is 4.03. The first-order valence-electron chi connectivity index (χ1n) is 6.34. The van der Waals surface area contributed by atoms with Gasteiger partial charge in [0.2, 0.25) is 0 Å². The van der Waals surface area contributed by atoms with Crippen LogP contribution in [0, 0.1) is 0 Å². The Hall–Kier alpha value is -1.95. The molecule has 0 saturated heterocycles. The molecule has 0 N–H and O–H groups in total. The van der Waals surface area contributed by atoms with Crippen LogP contribution in [0.25, 0.3) is 10.8 Å². The van der Waals surface area contributed by atoms with Gasteiger partial charge in [0.15, 0.2) is 17.1 Å². The van der Waals surface area contributed by atoms with Crippen LogP contribution in [0.4, 0.5) is 0 Å². The number of hydrogen-bond acceptors (Lipinski definition) is 4. The Morgan fingerprint density at radius 2 is 2.21 bits per heavy atom. The number of fused-ring (bicyclic) bond motifs is 2. The Morgan fingerprint density at radius 1 is 1.32 bits per heavy atom. The lowest BCUT2D eigenvalue weighted by molar-refractivity contribution is 0.111. The third-order valence-corrected chi connectivity index (χ3v) is 4.41. The summed E-state index contributed by atoms with van der Waals surface area (Å²) in [6, 6.07) is 0. The van der Waals surface area contributed by atoms with Gasteiger partial charge in [0.25, 0.3) is 0 Å². The van der Waals surface area contributed by atoms with Gasteiger partial charge in [-0.2, -0.15) is 4.98 Å². The summed E-state index contributed by atoms with van der Waals surface area (Å²) in [5, 5.41) is 1.93. The number of carbonyl (C=O) groups excluding carboxylic acids is 1. The van der Waals surface area contributed by atoms with Crippen LogP contribution >= 0.6 is 11.3 Å². The fourth-order valence-corrected chi connectivity index (χ4v) is 3.45. The molecule has 96 valence electrons. The molecule has 0 aliphatic heterocycles. The highest BCUT2D eigenvalue weighted by Gasteiger charge is 2.21. The maximum atomic E-state index is 11.4. The molecule has 0 atom stereocenters. The topological polar surface area (TPSA) is 52.2 Å². The van der Waals surface area contributed by atoms with Crippen LogP contribution in [0.5, 0.6) is 0 Å². The number of hydrogen-bond donors (Lipinski definition) is 0. The second-order valence-corrected chi connectivity index (χ2v) is 5.58. The van der Waals surface area contributed by atoms with E-state index in [-0.39, 0.29) is 0 Å². The Morgan fingerprint density at radius 3 is 3.11 bits per heavy atom. The minimum absolute atomic E-state index is 0.599. The van der Waals surface area contributed by atoms with Gasteiger partial charge in [0.05, 0.1) is 5.69 Å². The first-order chi connectivity index (χ1) is 9.38. The van der Waals surface area contributed by atoms with E-state index in [9.17, 15) is 4.79 Å². The van der Waals surface area contributed by atoms with Gasteiger partial charge in [-0.3, -0.25) is 13.8 Å². The van der Waals surface area contributed by atoms with Crippen molar-refractivity contribution >= 4 is 22.6 Å². The van der Waals surface area contributed by atoms with E-state index in [1.165, 1.54) is 29.9 Å². The van der Waals surface area contributed by atoms with Crippen molar-refractivity contribution < 1.29 is 4.79 Å². The smallest absolute Gasteiger partial charge is 0.196 e. The lowest BCUT2D eigenvalue weighted by Crippen LogP contribution is -2.08. The molecule has 0 radical (unpaired) electrons. The summed E-state index contributed by atoms with van der Waals surface area (Å²) in [4.78, 5) is 21.2. The summed E-state index contributed by atoms with van der Waals surface area (Å²) < 4.78 is 3.82. The summed E-state index contributed by atoms with van der Waals surface area (Å²) >= 11 is 1.53. The molecule has 0 aromatic carbocycles. The minimum atomic E-state index is 0.599. The molecule has 0 amide bonds. The number of thiazole rings is 1. The normalized spacial score (nSPS) is 14.7. The molecule has 6 heteroatoms. The van der Waals surface area contributed by atoms with Crippen LogP contribution in [-0.2, 0) is 12.8 Å². The first-order valence-corrected chi connectivity index (χ1v) is 7.22. The van der Waals surface area contributed by atoms with Crippen molar-refractivity contribution in [1.29, 1.82) is 0 Å². The van der Waals surface area contributed by atoms with Crippen molar-refractivity contribution in [3.8, 4) is 5.82 Å². The molecular weight excluding hydrogens is 260 g/mol. The van der Waals surface area contributed by atoms with Crippen molar-refractivity contribution in [2.24, 2.45) is 0 Å². The van der Waals surface area contributed by atoms with Gasteiger partial charge in [-0.05, 0) is 25.7 Å². The Kier molecular flexibility index (Phi) is 2.32. The zero-order chi connectivity index (χ0) is 12.8. The molecule has 1 aliphatic carbocycles. The van der Waals surface area contributed by atoms with Gasteiger partial charge < -0.3 is 0 Å². The number of imidazole rings is 2. The van der Waals surface area contributed by atoms with E-state index in [0.29, 0.717) is 11.5 Å². The largest absolute Gasteiger partial charge is 0.296 e. The second-order valence-electron chi connectivity index (χ2n) is 4.71. The summed E-state index contributed by atoms with van der Waals surface area (Å²) in [5.74, 6) is 0.706. The van der Waals surface area contributed by atoms with Crippen LogP contribution < -0.4 is 0 Å². The van der Waals surface area contributed by atoms with Crippen LogP contribution in [0.15, 0.2) is 17.9 Å². The van der Waals surface area contributed by atoms with Gasteiger partial charge in [0, 0.05) is 17.3 Å². The van der Waals surface area contributed by atoms with Crippen LogP contribution in [0.2, 0.25) is 0 Å². The number of aldehydes is 1. The minimum Gasteiger partial charge on any atom is -0.296 e. The fourth-order valence-electron chi connectivity index (χ4n) is 2.73. The third kappa shape index (κ3) is 1.49. The molecule has 0 fully saturated rings. The van der Waals surface area contributed by atoms with E-state index in [2.05, 4.69) is 9.97 Å². The highest BCUT2D eigenvalue weighted by molar-refractivity contribution is 7.15. The van der Waals surface area contributed by atoms with E-state index >= 15 is 0 Å². The van der Waals surface area contributed by atoms with E-state index in [0.717, 1.165) is 29.8 Å². The predicted molar refractivity (Wildman–Crippen MR) is 72.2 cm³/mol.